The summed E-state index contributed by atoms with van der Waals surface area (Å²) in [4.78, 5) is 6.25. The number of nitriles is 1. The first-order valence-corrected chi connectivity index (χ1v) is 5.58. The van der Waals surface area contributed by atoms with Gasteiger partial charge >= 0.3 is 0 Å². The third-order valence-corrected chi connectivity index (χ3v) is 3.03. The molecule has 2 rings (SSSR count). The van der Waals surface area contributed by atoms with Crippen molar-refractivity contribution in [3.63, 3.8) is 0 Å². The molecule has 5 heteroatoms. The number of rotatable bonds is 1. The highest BCUT2D eigenvalue weighted by Gasteiger charge is 2.18. The molecule has 1 saturated heterocycles. The molecule has 1 aliphatic heterocycles. The maximum atomic E-state index is 9.39. The van der Waals surface area contributed by atoms with Gasteiger partial charge in [0.2, 0.25) is 0 Å². The minimum atomic E-state index is -0.204. The van der Waals surface area contributed by atoms with Crippen LogP contribution in [0.5, 0.6) is 0 Å². The molecule has 16 heavy (non-hydrogen) atoms. The van der Waals surface area contributed by atoms with Gasteiger partial charge in [-0.2, -0.15) is 5.26 Å². The van der Waals surface area contributed by atoms with Crippen LogP contribution >= 0.6 is 11.6 Å². The summed E-state index contributed by atoms with van der Waals surface area (Å²) >= 11 is 5.87. The van der Waals surface area contributed by atoms with Crippen LogP contribution in [-0.2, 0) is 0 Å². The van der Waals surface area contributed by atoms with Crippen molar-refractivity contribution < 1.29 is 5.11 Å². The molecule has 0 amide bonds. The Morgan fingerprint density at radius 2 is 2.12 bits per heavy atom. The number of anilines is 1. The molecule has 1 aromatic heterocycles. The number of hydrogen-bond donors (Lipinski definition) is 1. The minimum absolute atomic E-state index is 0.204. The summed E-state index contributed by atoms with van der Waals surface area (Å²) in [6, 6.07) is 5.45. The molecule has 1 fully saturated rings. The predicted octanol–water partition coefficient (Wildman–Crippen LogP) is 1.57. The molecule has 1 aliphatic rings. The van der Waals surface area contributed by atoms with Crippen molar-refractivity contribution in [2.45, 2.75) is 18.9 Å². The Kier molecular flexibility index (Phi) is 3.28. The third-order valence-electron chi connectivity index (χ3n) is 2.74. The van der Waals surface area contributed by atoms with E-state index in [0.717, 1.165) is 31.7 Å². The van der Waals surface area contributed by atoms with E-state index in [0.29, 0.717) is 5.56 Å². The number of aliphatic hydroxyl groups is 1. The second kappa shape index (κ2) is 4.69. The molecule has 0 aliphatic carbocycles. The van der Waals surface area contributed by atoms with Crippen LogP contribution in [0.25, 0.3) is 0 Å². The van der Waals surface area contributed by atoms with E-state index in [2.05, 4.69) is 9.88 Å². The Hall–Kier alpha value is -1.31. The second-order valence-electron chi connectivity index (χ2n) is 3.84. The number of hydrogen-bond acceptors (Lipinski definition) is 4. The summed E-state index contributed by atoms with van der Waals surface area (Å²) in [5.41, 5.74) is 0.391. The van der Waals surface area contributed by atoms with Crippen LogP contribution in [0.1, 0.15) is 18.4 Å². The Labute approximate surface area is 99.1 Å². The number of aromatic nitrogens is 1. The first-order valence-electron chi connectivity index (χ1n) is 5.20. The lowest BCUT2D eigenvalue weighted by molar-refractivity contribution is 0.145. The summed E-state index contributed by atoms with van der Waals surface area (Å²) in [5, 5.41) is 18.4. The van der Waals surface area contributed by atoms with Crippen molar-refractivity contribution in [3.8, 4) is 6.07 Å². The quantitative estimate of drug-likeness (QED) is 0.754. The van der Waals surface area contributed by atoms with E-state index in [1.165, 1.54) is 0 Å². The lowest BCUT2D eigenvalue weighted by Gasteiger charge is -2.30. The molecule has 0 saturated carbocycles. The van der Waals surface area contributed by atoms with Gasteiger partial charge in [0, 0.05) is 13.1 Å². The van der Waals surface area contributed by atoms with Gasteiger partial charge in [-0.15, -0.1) is 0 Å². The van der Waals surface area contributed by atoms with Crippen molar-refractivity contribution >= 4 is 17.4 Å². The van der Waals surface area contributed by atoms with E-state index in [-0.39, 0.29) is 11.3 Å². The molecule has 0 aromatic carbocycles. The topological polar surface area (TPSA) is 60.2 Å². The van der Waals surface area contributed by atoms with E-state index in [9.17, 15) is 5.11 Å². The van der Waals surface area contributed by atoms with Crippen molar-refractivity contribution in [2.24, 2.45) is 0 Å². The summed E-state index contributed by atoms with van der Waals surface area (Å²) < 4.78 is 0. The normalized spacial score (nSPS) is 17.2. The average molecular weight is 238 g/mol. The van der Waals surface area contributed by atoms with E-state index in [1.807, 2.05) is 6.07 Å². The largest absolute Gasteiger partial charge is 0.393 e. The third kappa shape index (κ3) is 2.26. The van der Waals surface area contributed by atoms with Gasteiger partial charge in [0.15, 0.2) is 0 Å². The van der Waals surface area contributed by atoms with Crippen molar-refractivity contribution in [2.75, 3.05) is 18.0 Å². The molecule has 1 aromatic rings. The van der Waals surface area contributed by atoms with Crippen LogP contribution in [0.3, 0.4) is 0 Å². The number of halogens is 1. The Balaban J connectivity index is 2.16. The van der Waals surface area contributed by atoms with Gasteiger partial charge in [-0.25, -0.2) is 4.98 Å². The van der Waals surface area contributed by atoms with Crippen molar-refractivity contribution in [1.82, 2.24) is 4.98 Å². The highest BCUT2D eigenvalue weighted by molar-refractivity contribution is 6.30. The Bertz CT molecular complexity index is 422. The lowest BCUT2D eigenvalue weighted by Crippen LogP contribution is -2.36. The van der Waals surface area contributed by atoms with Gasteiger partial charge < -0.3 is 10.0 Å². The van der Waals surface area contributed by atoms with E-state index in [4.69, 9.17) is 16.9 Å². The SMILES string of the molecule is N#Cc1ccc(N2CCC(O)CC2)nc1Cl. The van der Waals surface area contributed by atoms with E-state index in [1.54, 1.807) is 12.1 Å². The fraction of sp³-hybridized carbons (Fsp3) is 0.455. The first kappa shape index (κ1) is 11.2. The summed E-state index contributed by atoms with van der Waals surface area (Å²) in [5.74, 6) is 0.774. The molecule has 0 unspecified atom stereocenters. The maximum Gasteiger partial charge on any atom is 0.149 e. The predicted molar refractivity (Wildman–Crippen MR) is 61.4 cm³/mol. The van der Waals surface area contributed by atoms with Crippen LogP contribution in [0.15, 0.2) is 12.1 Å². The van der Waals surface area contributed by atoms with Gasteiger partial charge in [-0.1, -0.05) is 11.6 Å². The zero-order valence-electron chi connectivity index (χ0n) is 8.73. The van der Waals surface area contributed by atoms with Crippen LogP contribution in [0, 0.1) is 11.3 Å². The van der Waals surface area contributed by atoms with Crippen molar-refractivity contribution in [3.05, 3.63) is 22.8 Å². The number of aliphatic hydroxyl groups excluding tert-OH is 1. The maximum absolute atomic E-state index is 9.39. The number of piperidine rings is 1. The summed E-state index contributed by atoms with van der Waals surface area (Å²) in [6.07, 6.45) is 1.30. The molecule has 0 radical (unpaired) electrons. The molecule has 0 bridgehead atoms. The fourth-order valence-corrected chi connectivity index (χ4v) is 1.97. The molecule has 1 N–H and O–H groups in total. The standard InChI is InChI=1S/C11H12ClN3O/c12-11-8(7-13)1-2-10(14-11)15-5-3-9(16)4-6-15/h1-2,9,16H,3-6H2. The molecular formula is C11H12ClN3O. The molecule has 2 heterocycles. The van der Waals surface area contributed by atoms with Crippen molar-refractivity contribution in [1.29, 1.82) is 5.26 Å². The molecule has 84 valence electrons. The number of pyridine rings is 1. The Morgan fingerprint density at radius 1 is 1.44 bits per heavy atom. The zero-order chi connectivity index (χ0) is 11.5. The Morgan fingerprint density at radius 3 is 2.69 bits per heavy atom. The molecule has 0 spiro atoms. The van der Waals surface area contributed by atoms with Gasteiger partial charge in [0.25, 0.3) is 0 Å². The van der Waals surface area contributed by atoms with E-state index < -0.39 is 0 Å². The zero-order valence-corrected chi connectivity index (χ0v) is 9.48. The molecule has 0 atom stereocenters. The highest BCUT2D eigenvalue weighted by Crippen LogP contribution is 2.21. The molecular weight excluding hydrogens is 226 g/mol. The second-order valence-corrected chi connectivity index (χ2v) is 4.20. The lowest BCUT2D eigenvalue weighted by atomic mass is 10.1. The average Bonchev–Trinajstić information content (AvgIpc) is 2.30. The molecule has 4 nitrogen and oxygen atoms in total. The first-order chi connectivity index (χ1) is 7.70. The fourth-order valence-electron chi connectivity index (χ4n) is 1.78. The van der Waals surface area contributed by atoms with Crippen LogP contribution in [0.2, 0.25) is 5.15 Å². The van der Waals surface area contributed by atoms with Gasteiger partial charge in [0.05, 0.1) is 11.7 Å². The minimum Gasteiger partial charge on any atom is -0.393 e. The van der Waals surface area contributed by atoms with Crippen LogP contribution in [-0.4, -0.2) is 29.3 Å². The van der Waals surface area contributed by atoms with Gasteiger partial charge in [-0.3, -0.25) is 0 Å². The summed E-state index contributed by atoms with van der Waals surface area (Å²) in [6.45, 7) is 1.55. The summed E-state index contributed by atoms with van der Waals surface area (Å²) in [7, 11) is 0. The smallest absolute Gasteiger partial charge is 0.149 e. The highest BCUT2D eigenvalue weighted by atomic mass is 35.5. The van der Waals surface area contributed by atoms with E-state index >= 15 is 0 Å². The number of nitrogens with zero attached hydrogens (tertiary/aromatic N) is 3. The van der Waals surface area contributed by atoms with Crippen LogP contribution < -0.4 is 4.90 Å². The van der Waals surface area contributed by atoms with Gasteiger partial charge in [-0.05, 0) is 25.0 Å². The van der Waals surface area contributed by atoms with Crippen LogP contribution in [0.4, 0.5) is 5.82 Å². The van der Waals surface area contributed by atoms with Gasteiger partial charge in [0.1, 0.15) is 17.0 Å². The monoisotopic (exact) mass is 237 g/mol.